The summed E-state index contributed by atoms with van der Waals surface area (Å²) in [6, 6.07) is 31.4. The van der Waals surface area contributed by atoms with Gasteiger partial charge in [0.1, 0.15) is 0 Å². The summed E-state index contributed by atoms with van der Waals surface area (Å²) >= 11 is 12.0. The molecule has 0 aliphatic carbocycles. The van der Waals surface area contributed by atoms with Crippen LogP contribution in [0.25, 0.3) is 11.0 Å². The Morgan fingerprint density at radius 3 is 1.97 bits per heavy atom. The Bertz CT molecular complexity index is 1530. The number of hydrogen-bond acceptors (Lipinski definition) is 3. The number of benzene rings is 2. The minimum Gasteiger partial charge on any atom is -0.241 e. The van der Waals surface area contributed by atoms with E-state index in [0.717, 1.165) is 32.9 Å². The van der Waals surface area contributed by atoms with Crippen LogP contribution in [0.1, 0.15) is 11.1 Å². The quantitative estimate of drug-likeness (QED) is 0.251. The molecule has 0 fully saturated rings. The summed E-state index contributed by atoms with van der Waals surface area (Å²) in [4.78, 5) is 4.89. The van der Waals surface area contributed by atoms with Crippen molar-refractivity contribution in [2.75, 3.05) is 0 Å². The largest absolute Gasteiger partial charge is 0.241 e. The zero-order chi connectivity index (χ0) is 23.3. The third-order valence-corrected chi connectivity index (χ3v) is 5.58. The summed E-state index contributed by atoms with van der Waals surface area (Å²) in [6.45, 7) is 0. The SMILES string of the molecule is Clc1cc(N=C(c2ccccc2)c2ccccc2)n2nccc2c1.Clc1ccn2nccc2c1. The average Bonchev–Trinajstić information content (AvgIpc) is 3.53. The van der Waals surface area contributed by atoms with Crippen LogP contribution in [-0.4, -0.2) is 24.9 Å². The molecule has 0 bridgehead atoms. The predicted octanol–water partition coefficient (Wildman–Crippen LogP) is 7.14. The summed E-state index contributed by atoms with van der Waals surface area (Å²) < 4.78 is 3.56. The zero-order valence-corrected chi connectivity index (χ0v) is 19.5. The summed E-state index contributed by atoms with van der Waals surface area (Å²) in [7, 11) is 0. The van der Waals surface area contributed by atoms with E-state index in [1.807, 2.05) is 79.0 Å². The van der Waals surface area contributed by atoms with Gasteiger partial charge >= 0.3 is 0 Å². The van der Waals surface area contributed by atoms with Gasteiger partial charge < -0.3 is 0 Å². The van der Waals surface area contributed by atoms with Gasteiger partial charge in [0.2, 0.25) is 0 Å². The monoisotopic (exact) mass is 483 g/mol. The second kappa shape index (κ2) is 9.91. The highest BCUT2D eigenvalue weighted by molar-refractivity contribution is 6.31. The Morgan fingerprint density at radius 1 is 0.647 bits per heavy atom. The lowest BCUT2D eigenvalue weighted by molar-refractivity contribution is 0.957. The maximum atomic E-state index is 6.25. The maximum absolute atomic E-state index is 6.25. The van der Waals surface area contributed by atoms with Gasteiger partial charge in [0, 0.05) is 39.6 Å². The van der Waals surface area contributed by atoms with Crippen molar-refractivity contribution >= 4 is 45.8 Å². The van der Waals surface area contributed by atoms with Crippen molar-refractivity contribution in [3.8, 4) is 0 Å². The molecule has 0 saturated carbocycles. The molecule has 2 aromatic carbocycles. The van der Waals surface area contributed by atoms with Gasteiger partial charge in [-0.25, -0.2) is 14.0 Å². The Kier molecular flexibility index (Phi) is 6.38. The van der Waals surface area contributed by atoms with Gasteiger partial charge in [-0.2, -0.15) is 10.2 Å². The zero-order valence-electron chi connectivity index (χ0n) is 18.0. The van der Waals surface area contributed by atoms with Crippen LogP contribution in [-0.2, 0) is 0 Å². The molecule has 0 atom stereocenters. The van der Waals surface area contributed by atoms with E-state index < -0.39 is 0 Å². The third kappa shape index (κ3) is 4.86. The van der Waals surface area contributed by atoms with Crippen LogP contribution >= 0.6 is 23.2 Å². The van der Waals surface area contributed by atoms with Crippen LogP contribution in [0.4, 0.5) is 5.82 Å². The number of aliphatic imine (C=N–C) groups is 1. The first-order valence-corrected chi connectivity index (χ1v) is 11.3. The highest BCUT2D eigenvalue weighted by Crippen LogP contribution is 2.24. The van der Waals surface area contributed by atoms with Crippen molar-refractivity contribution in [2.24, 2.45) is 4.99 Å². The Labute approximate surface area is 206 Å². The summed E-state index contributed by atoms with van der Waals surface area (Å²) in [6.07, 6.45) is 5.32. The highest BCUT2D eigenvalue weighted by atomic mass is 35.5. The molecule has 0 amide bonds. The molecular weight excluding hydrogens is 465 g/mol. The van der Waals surface area contributed by atoms with Gasteiger partial charge in [-0.1, -0.05) is 83.9 Å². The molecule has 0 radical (unpaired) electrons. The van der Waals surface area contributed by atoms with Gasteiger partial charge in [-0.15, -0.1) is 0 Å². The van der Waals surface area contributed by atoms with Crippen LogP contribution in [0, 0.1) is 0 Å². The van der Waals surface area contributed by atoms with Crippen LogP contribution in [0.2, 0.25) is 10.0 Å². The topological polar surface area (TPSA) is 47.0 Å². The molecule has 0 saturated heterocycles. The molecule has 6 rings (SSSR count). The van der Waals surface area contributed by atoms with E-state index in [9.17, 15) is 0 Å². The van der Waals surface area contributed by atoms with Crippen LogP contribution in [0.5, 0.6) is 0 Å². The Hall–Kier alpha value is -3.93. The first-order chi connectivity index (χ1) is 16.7. The molecule has 4 aromatic heterocycles. The predicted molar refractivity (Wildman–Crippen MR) is 139 cm³/mol. The van der Waals surface area contributed by atoms with Crippen molar-refractivity contribution in [1.29, 1.82) is 0 Å². The number of halogens is 2. The van der Waals surface area contributed by atoms with Gasteiger partial charge in [0.05, 0.1) is 22.9 Å². The first-order valence-electron chi connectivity index (χ1n) is 10.6. The lowest BCUT2D eigenvalue weighted by Gasteiger charge is -2.09. The standard InChI is InChI=1S/C20H14ClN3.C7H5ClN2/c21-17-13-18-11-12-22-24(18)19(14-17)23-20(15-7-3-1-4-8-15)16-9-5-2-6-10-16;8-6-2-4-10-7(5-6)1-3-9-10/h1-14H;1-5H. The van der Waals surface area contributed by atoms with E-state index in [4.69, 9.17) is 28.2 Å². The minimum atomic E-state index is 0.641. The van der Waals surface area contributed by atoms with Crippen LogP contribution < -0.4 is 0 Å². The number of aromatic nitrogens is 4. The summed E-state index contributed by atoms with van der Waals surface area (Å²) in [5.74, 6) is 0.699. The second-order valence-corrected chi connectivity index (χ2v) is 8.31. The minimum absolute atomic E-state index is 0.641. The molecule has 34 heavy (non-hydrogen) atoms. The molecule has 0 unspecified atom stereocenters. The molecule has 166 valence electrons. The number of nitrogens with zero attached hydrogens (tertiary/aromatic N) is 5. The lowest BCUT2D eigenvalue weighted by Crippen LogP contribution is -2.03. The maximum Gasteiger partial charge on any atom is 0.156 e. The second-order valence-electron chi connectivity index (χ2n) is 7.44. The third-order valence-electron chi connectivity index (χ3n) is 5.12. The summed E-state index contributed by atoms with van der Waals surface area (Å²) in [5.41, 5.74) is 4.91. The molecule has 7 heteroatoms. The molecular formula is C27H19Cl2N5. The van der Waals surface area contributed by atoms with E-state index in [2.05, 4.69) is 34.5 Å². The molecule has 0 spiro atoms. The lowest BCUT2D eigenvalue weighted by atomic mass is 10.0. The normalized spacial score (nSPS) is 10.6. The van der Waals surface area contributed by atoms with Gasteiger partial charge in [0.25, 0.3) is 0 Å². The Balaban J connectivity index is 0.000000200. The number of pyridine rings is 2. The highest BCUT2D eigenvalue weighted by Gasteiger charge is 2.09. The van der Waals surface area contributed by atoms with E-state index in [1.54, 1.807) is 21.4 Å². The van der Waals surface area contributed by atoms with Crippen molar-refractivity contribution in [3.63, 3.8) is 0 Å². The fourth-order valence-corrected chi connectivity index (χ4v) is 3.94. The number of hydrogen-bond donors (Lipinski definition) is 0. The fourth-order valence-electron chi connectivity index (χ4n) is 3.56. The molecule has 0 aliphatic rings. The van der Waals surface area contributed by atoms with Crippen molar-refractivity contribution in [3.05, 3.63) is 137 Å². The van der Waals surface area contributed by atoms with E-state index >= 15 is 0 Å². The number of fused-ring (bicyclic) bond motifs is 2. The van der Waals surface area contributed by atoms with E-state index in [0.29, 0.717) is 10.8 Å². The average molecular weight is 484 g/mol. The van der Waals surface area contributed by atoms with Gasteiger partial charge in [-0.3, -0.25) is 0 Å². The van der Waals surface area contributed by atoms with Gasteiger partial charge in [0.15, 0.2) is 5.82 Å². The van der Waals surface area contributed by atoms with E-state index in [1.165, 1.54) is 0 Å². The molecule has 6 aromatic rings. The molecule has 4 heterocycles. The first kappa shape index (κ1) is 21.9. The van der Waals surface area contributed by atoms with Crippen LogP contribution in [0.15, 0.2) is 121 Å². The Morgan fingerprint density at radius 2 is 1.26 bits per heavy atom. The number of rotatable bonds is 3. The van der Waals surface area contributed by atoms with Crippen molar-refractivity contribution < 1.29 is 0 Å². The molecule has 5 nitrogen and oxygen atoms in total. The van der Waals surface area contributed by atoms with Crippen molar-refractivity contribution in [1.82, 2.24) is 19.2 Å². The van der Waals surface area contributed by atoms with Crippen LogP contribution in [0.3, 0.4) is 0 Å². The summed E-state index contributed by atoms with van der Waals surface area (Å²) in [5, 5.41) is 9.75. The van der Waals surface area contributed by atoms with Crippen molar-refractivity contribution in [2.45, 2.75) is 0 Å². The fraction of sp³-hybridized carbons (Fsp3) is 0. The van der Waals surface area contributed by atoms with E-state index in [-0.39, 0.29) is 0 Å². The van der Waals surface area contributed by atoms with Gasteiger partial charge in [-0.05, 0) is 30.3 Å². The molecule has 0 N–H and O–H groups in total. The smallest absolute Gasteiger partial charge is 0.156 e. The molecule has 0 aliphatic heterocycles.